The highest BCUT2D eigenvalue weighted by Crippen LogP contribution is 2.31. The predicted molar refractivity (Wildman–Crippen MR) is 79.1 cm³/mol. The number of aromatic amines is 1. The molecule has 1 unspecified atom stereocenters. The number of hydrogen-bond donors (Lipinski definition) is 1. The SMILES string of the molecule is CCC1CCC[N+]2=C1c1[nH]c3ccccc3c1CC2.[O-][Cl+3]([O-])([O-])[O-]. The van der Waals surface area contributed by atoms with Crippen LogP contribution in [0.1, 0.15) is 37.4 Å². The molecule has 3 heterocycles. The summed E-state index contributed by atoms with van der Waals surface area (Å²) in [4.78, 5) is 3.70. The highest BCUT2D eigenvalue weighted by molar-refractivity contribution is 6.04. The molecule has 0 spiro atoms. The average Bonchev–Trinajstić information content (AvgIpc) is 2.91. The van der Waals surface area contributed by atoms with Crippen LogP contribution >= 0.6 is 0 Å². The lowest BCUT2D eigenvalue weighted by molar-refractivity contribution is -2.00. The number of H-pyrrole nitrogens is 1. The summed E-state index contributed by atoms with van der Waals surface area (Å²) in [5.41, 5.74) is 5.91. The fourth-order valence-electron chi connectivity index (χ4n) is 3.96. The maximum absolute atomic E-state index is 8.49. The molecule has 1 aromatic heterocycles. The lowest BCUT2D eigenvalue weighted by Crippen LogP contribution is -2.68. The van der Waals surface area contributed by atoms with E-state index in [0.29, 0.717) is 0 Å². The topological polar surface area (TPSA) is 111 Å². The van der Waals surface area contributed by atoms with Crippen molar-refractivity contribution >= 4 is 16.6 Å². The van der Waals surface area contributed by atoms with Crippen LogP contribution in [0.15, 0.2) is 24.3 Å². The number of benzene rings is 1. The van der Waals surface area contributed by atoms with Crippen molar-refractivity contribution in [3.05, 3.63) is 35.5 Å². The maximum Gasteiger partial charge on any atom is 0.203 e. The van der Waals surface area contributed by atoms with Gasteiger partial charge in [0.15, 0.2) is 0 Å². The van der Waals surface area contributed by atoms with E-state index < -0.39 is 10.2 Å². The van der Waals surface area contributed by atoms with Crippen LogP contribution < -0.4 is 18.6 Å². The number of nitrogens with one attached hydrogen (secondary N) is 1. The summed E-state index contributed by atoms with van der Waals surface area (Å²) < 4.78 is 36.6. The van der Waals surface area contributed by atoms with Crippen LogP contribution in [0.5, 0.6) is 0 Å². The van der Waals surface area contributed by atoms with Crippen LogP contribution in [-0.4, -0.2) is 28.4 Å². The molecule has 0 aliphatic carbocycles. The number of fused-ring (bicyclic) bond motifs is 4. The predicted octanol–water partition coefficient (Wildman–Crippen LogP) is -1.41. The highest BCUT2D eigenvalue weighted by atomic mass is 35.7. The molecule has 1 aromatic carbocycles. The van der Waals surface area contributed by atoms with Gasteiger partial charge in [0.25, 0.3) is 0 Å². The second-order valence-electron chi connectivity index (χ2n) is 6.27. The summed E-state index contributed by atoms with van der Waals surface area (Å²) in [6, 6.07) is 8.77. The Kier molecular flexibility index (Phi) is 4.94. The lowest BCUT2D eigenvalue weighted by atomic mass is 9.85. The third-order valence-electron chi connectivity index (χ3n) is 4.90. The van der Waals surface area contributed by atoms with E-state index in [1.54, 1.807) is 11.3 Å². The summed E-state index contributed by atoms with van der Waals surface area (Å²) >= 11 is 0. The number of nitrogens with zero attached hydrogens (tertiary/aromatic N) is 1. The van der Waals surface area contributed by atoms with E-state index in [0.717, 1.165) is 5.92 Å². The average molecular weight is 353 g/mol. The molecular formula is C17H21ClN2O4. The first-order valence-electron chi connectivity index (χ1n) is 8.22. The summed E-state index contributed by atoms with van der Waals surface area (Å²) in [5.74, 6) is 0.751. The van der Waals surface area contributed by atoms with Crippen molar-refractivity contribution in [2.75, 3.05) is 13.1 Å². The molecule has 2 aliphatic heterocycles. The molecule has 0 bridgehead atoms. The minimum Gasteiger partial charge on any atom is -0.350 e. The molecule has 6 nitrogen and oxygen atoms in total. The van der Waals surface area contributed by atoms with Crippen molar-refractivity contribution in [1.82, 2.24) is 4.98 Å². The lowest BCUT2D eigenvalue weighted by Gasteiger charge is -2.25. The van der Waals surface area contributed by atoms with E-state index in [1.165, 1.54) is 55.4 Å². The monoisotopic (exact) mass is 352 g/mol. The van der Waals surface area contributed by atoms with Gasteiger partial charge in [-0.15, -0.1) is 10.2 Å². The third kappa shape index (κ3) is 3.63. The molecule has 130 valence electrons. The minimum absolute atomic E-state index is 0.751. The summed E-state index contributed by atoms with van der Waals surface area (Å²) in [5, 5.41) is 1.44. The number of aromatic nitrogens is 1. The normalized spacial score (nSPS) is 20.3. The van der Waals surface area contributed by atoms with Crippen molar-refractivity contribution in [3.8, 4) is 0 Å². The van der Waals surface area contributed by atoms with Crippen LogP contribution in [0.2, 0.25) is 0 Å². The molecule has 0 fully saturated rings. The number of hydrogen-bond acceptors (Lipinski definition) is 4. The second kappa shape index (κ2) is 6.82. The Bertz CT molecular complexity index is 758. The van der Waals surface area contributed by atoms with Gasteiger partial charge in [0, 0.05) is 29.7 Å². The van der Waals surface area contributed by atoms with Crippen molar-refractivity contribution < 1.29 is 33.5 Å². The van der Waals surface area contributed by atoms with Crippen molar-refractivity contribution in [3.63, 3.8) is 0 Å². The van der Waals surface area contributed by atoms with Crippen LogP contribution in [-0.2, 0) is 6.42 Å². The van der Waals surface area contributed by atoms with Gasteiger partial charge in [-0.2, -0.15) is 0 Å². The van der Waals surface area contributed by atoms with E-state index >= 15 is 0 Å². The van der Waals surface area contributed by atoms with E-state index in [-0.39, 0.29) is 0 Å². The fourth-order valence-corrected chi connectivity index (χ4v) is 3.96. The van der Waals surface area contributed by atoms with Crippen molar-refractivity contribution in [1.29, 1.82) is 0 Å². The molecule has 1 atom stereocenters. The van der Waals surface area contributed by atoms with Gasteiger partial charge in [-0.3, -0.25) is 0 Å². The van der Waals surface area contributed by atoms with Gasteiger partial charge in [-0.1, -0.05) is 25.1 Å². The molecule has 4 rings (SSSR count). The molecule has 0 saturated heterocycles. The maximum atomic E-state index is 8.49. The zero-order valence-electron chi connectivity index (χ0n) is 13.6. The Morgan fingerprint density at radius 1 is 1.17 bits per heavy atom. The van der Waals surface area contributed by atoms with Crippen LogP contribution in [0.25, 0.3) is 10.9 Å². The molecule has 0 amide bonds. The Balaban J connectivity index is 0.000000300. The molecule has 0 radical (unpaired) electrons. The number of para-hydroxylation sites is 1. The first-order valence-corrected chi connectivity index (χ1v) is 9.45. The van der Waals surface area contributed by atoms with Gasteiger partial charge in [0.05, 0.1) is 0 Å². The molecule has 24 heavy (non-hydrogen) atoms. The van der Waals surface area contributed by atoms with E-state index in [4.69, 9.17) is 18.6 Å². The quantitative estimate of drug-likeness (QED) is 0.635. The minimum atomic E-state index is -4.94. The van der Waals surface area contributed by atoms with Gasteiger partial charge >= 0.3 is 0 Å². The number of halogens is 1. The summed E-state index contributed by atoms with van der Waals surface area (Å²) in [6.07, 6.45) is 5.18. The van der Waals surface area contributed by atoms with Crippen LogP contribution in [0.3, 0.4) is 0 Å². The molecule has 7 heteroatoms. The smallest absolute Gasteiger partial charge is 0.203 e. The molecular weight excluding hydrogens is 332 g/mol. The Hall–Kier alpha value is -1.44. The molecule has 0 saturated carbocycles. The van der Waals surface area contributed by atoms with E-state index in [2.05, 4.69) is 40.7 Å². The van der Waals surface area contributed by atoms with Gasteiger partial charge in [-0.05, 0) is 24.5 Å². The van der Waals surface area contributed by atoms with E-state index in [1.807, 2.05) is 0 Å². The third-order valence-corrected chi connectivity index (χ3v) is 4.90. The Labute approximate surface area is 142 Å². The van der Waals surface area contributed by atoms with Gasteiger partial charge in [-0.25, -0.2) is 23.2 Å². The standard InChI is InChI=1S/C17H20N2.ClHO4/c1-2-12-6-5-10-19-11-9-14-13-7-3-4-8-15(13)18-16(14)17(12)19;2-1(3,4)5/h3-4,7-8,12H,2,5-6,9-11H2,1H3;(H,2,3,4,5). The zero-order chi connectivity index (χ0) is 17.3. The first-order chi connectivity index (χ1) is 11.4. The first kappa shape index (κ1) is 17.4. The summed E-state index contributed by atoms with van der Waals surface area (Å²) in [6.45, 7) is 4.79. The highest BCUT2D eigenvalue weighted by Gasteiger charge is 2.36. The molecule has 2 aliphatic rings. The van der Waals surface area contributed by atoms with Crippen molar-refractivity contribution in [2.45, 2.75) is 32.6 Å². The fraction of sp³-hybridized carbons (Fsp3) is 0.471. The van der Waals surface area contributed by atoms with Crippen LogP contribution in [0, 0.1) is 16.2 Å². The van der Waals surface area contributed by atoms with Gasteiger partial charge in [0.2, 0.25) is 5.71 Å². The van der Waals surface area contributed by atoms with Crippen LogP contribution in [0.4, 0.5) is 0 Å². The van der Waals surface area contributed by atoms with Gasteiger partial charge < -0.3 is 4.98 Å². The second-order valence-corrected chi connectivity index (χ2v) is 7.03. The Morgan fingerprint density at radius 2 is 1.88 bits per heavy atom. The Morgan fingerprint density at radius 3 is 2.58 bits per heavy atom. The largest absolute Gasteiger partial charge is 0.350 e. The zero-order valence-corrected chi connectivity index (χ0v) is 14.3. The number of rotatable bonds is 1. The molecule has 2 aromatic rings. The van der Waals surface area contributed by atoms with Gasteiger partial charge in [0.1, 0.15) is 18.8 Å². The summed E-state index contributed by atoms with van der Waals surface area (Å²) in [7, 11) is -4.94. The van der Waals surface area contributed by atoms with Crippen molar-refractivity contribution in [2.24, 2.45) is 5.92 Å². The molecule has 1 N–H and O–H groups in total. The van der Waals surface area contributed by atoms with E-state index in [9.17, 15) is 0 Å².